The van der Waals surface area contributed by atoms with Crippen molar-refractivity contribution >= 4 is 67.4 Å². The highest BCUT2D eigenvalue weighted by atomic mass is 16.3. The lowest BCUT2D eigenvalue weighted by molar-refractivity contribution is 0.559. The Bertz CT molecular complexity index is 7480. The maximum absolute atomic E-state index is 6.26. The number of furan rings is 1. The Balaban J connectivity index is 0.000000124. The average molecular weight is 1810 g/mol. The Morgan fingerprint density at radius 2 is 0.475 bits per heavy atom. The van der Waals surface area contributed by atoms with Crippen LogP contribution >= 0.6 is 0 Å². The fourth-order valence-electron chi connectivity index (χ4n) is 20.6. The molecule has 0 amide bonds. The van der Waals surface area contributed by atoms with Crippen molar-refractivity contribution in [1.29, 1.82) is 0 Å². The molecule has 0 aliphatic heterocycles. The van der Waals surface area contributed by atoms with Crippen molar-refractivity contribution in [2.24, 2.45) is 0 Å². The van der Waals surface area contributed by atoms with Crippen LogP contribution in [-0.2, 0) is 10.8 Å². The number of hydrogen-bond donors (Lipinski definition) is 0. The molecule has 0 radical (unpaired) electrons. The van der Waals surface area contributed by atoms with Gasteiger partial charge in [0.15, 0.2) is 0 Å². The molecule has 0 bridgehead atoms. The lowest BCUT2D eigenvalue weighted by Gasteiger charge is -2.38. The number of anilines is 8. The van der Waals surface area contributed by atoms with Gasteiger partial charge in [0, 0.05) is 89.4 Å². The van der Waals surface area contributed by atoms with Crippen molar-refractivity contribution in [3.8, 4) is 111 Å². The van der Waals surface area contributed by atoms with Crippen LogP contribution in [0.5, 0.6) is 0 Å². The highest BCUT2D eigenvalue weighted by Gasteiger charge is 2.38. The van der Waals surface area contributed by atoms with E-state index in [0.717, 1.165) is 33.1 Å². The molecule has 0 fully saturated rings. The molecular weight excluding hydrogens is 1680 g/mol. The first-order valence-corrected chi connectivity index (χ1v) is 49.4. The highest BCUT2D eigenvalue weighted by molar-refractivity contribution is 6.10. The van der Waals surface area contributed by atoms with E-state index in [1.54, 1.807) is 0 Å². The van der Waals surface area contributed by atoms with Gasteiger partial charge in [-0.3, -0.25) is 0 Å². The summed E-state index contributed by atoms with van der Waals surface area (Å²) >= 11 is 0. The molecule has 21 rings (SSSR count). The second-order valence-electron chi connectivity index (χ2n) is 43.0. The number of nitrogens with zero attached hydrogens (tertiary/aromatic N) is 4. The number of rotatable bonds is 14. The number of hydrogen-bond acceptors (Lipinski definition) is 5. The van der Waals surface area contributed by atoms with Crippen LogP contribution in [0.2, 0.25) is 0 Å². The van der Waals surface area contributed by atoms with Gasteiger partial charge in [-0.15, -0.1) is 0 Å². The van der Waals surface area contributed by atoms with Gasteiger partial charge in [0.25, 0.3) is 0 Å². The maximum atomic E-state index is 6.26. The second kappa shape index (κ2) is 38.9. The SMILES string of the molecule is CC(C)(C)N(c1ccc(-c2ccccc2)cc1)c1ccc2c(c1)-c1ccccc1-c1ccccc1-c1ccccc1-2.CC(C)(C)c1ccc(N(c2ccc(-c3ccc(-c4ccccc4)cc3)cc2)C(C)(C)C)cc1.CC(C)c1ccc(N(c2ccc(-c3cccc4c3oc3ccccc34)cc2)C(C)(C)C)cc1.CC1(C)c2ccccc2-c2ccc(N(c3ccc(-c4ccccc4)cc3)C(C)(C)C)cc21. The van der Waals surface area contributed by atoms with Crippen LogP contribution < -0.4 is 19.6 Å². The number of para-hydroxylation sites is 2. The first-order valence-electron chi connectivity index (χ1n) is 49.4. The lowest BCUT2D eigenvalue weighted by atomic mass is 9.80. The minimum Gasteiger partial charge on any atom is -0.455 e. The predicted molar refractivity (Wildman–Crippen MR) is 599 cm³/mol. The largest absolute Gasteiger partial charge is 0.455 e. The van der Waals surface area contributed by atoms with E-state index >= 15 is 0 Å². The lowest BCUT2D eigenvalue weighted by Crippen LogP contribution is -2.37. The van der Waals surface area contributed by atoms with Gasteiger partial charge in [0.2, 0.25) is 0 Å². The fraction of sp³-hybridized carbons (Fsp3) is 0.194. The molecule has 0 saturated heterocycles. The van der Waals surface area contributed by atoms with E-state index in [1.165, 1.54) is 168 Å². The number of fused-ring (bicyclic) bond motifs is 14. The number of benzene rings is 18. The summed E-state index contributed by atoms with van der Waals surface area (Å²) in [5.74, 6) is 0.530. The molecule has 2 aliphatic carbocycles. The second-order valence-corrected chi connectivity index (χ2v) is 43.0. The first kappa shape index (κ1) is 94.3. The first-order chi connectivity index (χ1) is 66.7. The minimum absolute atomic E-state index is 0.00264. The van der Waals surface area contributed by atoms with Gasteiger partial charge in [-0.1, -0.05) is 382 Å². The van der Waals surface area contributed by atoms with Gasteiger partial charge in [-0.05, 0) is 326 Å². The Morgan fingerprint density at radius 1 is 0.209 bits per heavy atom. The fourth-order valence-corrected chi connectivity index (χ4v) is 20.6. The molecule has 2 aliphatic rings. The van der Waals surface area contributed by atoms with E-state index < -0.39 is 0 Å². The predicted octanol–water partition coefficient (Wildman–Crippen LogP) is 38.4. The molecule has 19 aromatic rings. The van der Waals surface area contributed by atoms with Gasteiger partial charge in [-0.25, -0.2) is 0 Å². The third-order valence-corrected chi connectivity index (χ3v) is 27.3. The zero-order chi connectivity index (χ0) is 97.3. The van der Waals surface area contributed by atoms with Gasteiger partial charge < -0.3 is 24.0 Å². The third kappa shape index (κ3) is 20.0. The molecule has 692 valence electrons. The summed E-state index contributed by atoms with van der Waals surface area (Å²) in [7, 11) is 0. The molecule has 139 heavy (non-hydrogen) atoms. The standard InChI is InChI=1S/C40H33N.C32H35N.C31H31NO.C31H31N/c1-40(2,3)41(30-23-21-29(22-24-30)28-13-5-4-6-14-28)31-25-26-38-36-19-10-9-17-34(36)32-15-7-8-16-33(32)35-18-11-12-20-37(35)39(38)27-31;1-31(2,3)28-18-22-30(23-19-28)33(32(4,5)6)29-20-16-27(17-21-29)26-14-12-25(13-15-26)24-10-8-7-9-11-24;1-21(2)22-13-17-24(18-14-22)32(31(3,4)5)25-19-15-23(16-20-25)26-10-8-11-28-27-9-6-7-12-29(27)33-30(26)28;1-30(2,3)32(24-17-15-23(16-18-24)22-11-7-6-8-12-22)25-19-20-27-26-13-9-10-14-28(26)31(4,5)29(27)21-25/h4-27H,1-3H3;7-23H,1-6H3;6-21H,1-5H3;6-21H,1-5H3. The van der Waals surface area contributed by atoms with Crippen LogP contribution in [0.3, 0.4) is 0 Å². The van der Waals surface area contributed by atoms with Crippen LogP contribution in [-0.4, -0.2) is 22.2 Å². The molecule has 0 N–H and O–H groups in total. The molecule has 0 atom stereocenters. The Morgan fingerprint density at radius 3 is 0.856 bits per heavy atom. The third-order valence-electron chi connectivity index (χ3n) is 27.3. The van der Waals surface area contributed by atoms with Crippen LogP contribution in [0.25, 0.3) is 133 Å². The van der Waals surface area contributed by atoms with E-state index in [1.807, 2.05) is 12.1 Å². The summed E-state index contributed by atoms with van der Waals surface area (Å²) in [6.07, 6.45) is 0. The van der Waals surface area contributed by atoms with Crippen molar-refractivity contribution < 1.29 is 4.42 Å². The van der Waals surface area contributed by atoms with E-state index in [4.69, 9.17) is 4.42 Å². The molecule has 5 heteroatoms. The molecule has 1 aromatic heterocycles. The summed E-state index contributed by atoms with van der Waals surface area (Å²) < 4.78 is 6.26. The highest BCUT2D eigenvalue weighted by Crippen LogP contribution is 2.54. The maximum Gasteiger partial charge on any atom is 0.143 e. The monoisotopic (exact) mass is 1810 g/mol. The van der Waals surface area contributed by atoms with Gasteiger partial charge in [-0.2, -0.15) is 0 Å². The van der Waals surface area contributed by atoms with E-state index in [2.05, 4.69) is 576 Å². The normalized spacial score (nSPS) is 12.4. The van der Waals surface area contributed by atoms with Crippen LogP contribution in [0.1, 0.15) is 160 Å². The summed E-state index contributed by atoms with van der Waals surface area (Å²) in [5, 5.41) is 2.32. The smallest absolute Gasteiger partial charge is 0.143 e. The molecule has 0 spiro atoms. The Kier molecular flexibility index (Phi) is 26.4. The van der Waals surface area contributed by atoms with Gasteiger partial charge >= 0.3 is 0 Å². The van der Waals surface area contributed by atoms with E-state index in [9.17, 15) is 0 Å². The van der Waals surface area contributed by atoms with Crippen molar-refractivity contribution in [2.75, 3.05) is 19.6 Å². The van der Waals surface area contributed by atoms with Crippen molar-refractivity contribution in [1.82, 2.24) is 0 Å². The van der Waals surface area contributed by atoms with Crippen LogP contribution in [0, 0.1) is 0 Å². The van der Waals surface area contributed by atoms with Crippen LogP contribution in [0.4, 0.5) is 45.5 Å². The van der Waals surface area contributed by atoms with Crippen LogP contribution in [0.15, 0.2) is 441 Å². The topological polar surface area (TPSA) is 26.1 Å². The molecule has 0 unspecified atom stereocenters. The molecule has 0 saturated carbocycles. The summed E-state index contributed by atoms with van der Waals surface area (Å²) in [6.45, 7) is 43.2. The van der Waals surface area contributed by atoms with Gasteiger partial charge in [0.05, 0.1) is 0 Å². The quantitative estimate of drug-likeness (QED) is 0.108. The average Bonchev–Trinajstić information content (AvgIpc) is 1.51. The molecule has 1 heterocycles. The molecule has 5 nitrogen and oxygen atoms in total. The molecule has 18 aromatic carbocycles. The minimum atomic E-state index is -0.131. The van der Waals surface area contributed by atoms with Crippen molar-refractivity contribution in [2.45, 2.75) is 170 Å². The zero-order valence-corrected chi connectivity index (χ0v) is 84.3. The Hall–Kier alpha value is -15.0. The van der Waals surface area contributed by atoms with E-state index in [0.29, 0.717) is 5.92 Å². The molecular formula is C134H130N4O. The van der Waals surface area contributed by atoms with Crippen molar-refractivity contribution in [3.05, 3.63) is 459 Å². The summed E-state index contributed by atoms with van der Waals surface area (Å²) in [4.78, 5) is 9.74. The zero-order valence-electron chi connectivity index (χ0n) is 84.3. The van der Waals surface area contributed by atoms with E-state index in [-0.39, 0.29) is 33.0 Å². The summed E-state index contributed by atoms with van der Waals surface area (Å²) in [5.41, 5.74) is 42.0. The summed E-state index contributed by atoms with van der Waals surface area (Å²) in [6, 6.07) is 158. The Labute approximate surface area is 826 Å². The van der Waals surface area contributed by atoms with Gasteiger partial charge in [0.1, 0.15) is 11.2 Å². The van der Waals surface area contributed by atoms with Crippen molar-refractivity contribution in [3.63, 3.8) is 0 Å².